The van der Waals surface area contributed by atoms with Crippen molar-refractivity contribution in [2.75, 3.05) is 5.73 Å². The van der Waals surface area contributed by atoms with E-state index in [2.05, 4.69) is 37.2 Å². The van der Waals surface area contributed by atoms with Crippen molar-refractivity contribution in [3.05, 3.63) is 49.0 Å². The van der Waals surface area contributed by atoms with Crippen molar-refractivity contribution in [2.45, 2.75) is 6.54 Å². The molecule has 0 spiro atoms. The van der Waals surface area contributed by atoms with Gasteiger partial charge in [-0.1, -0.05) is 15.9 Å². The van der Waals surface area contributed by atoms with Gasteiger partial charge in [0.15, 0.2) is 0 Å². The summed E-state index contributed by atoms with van der Waals surface area (Å²) in [6, 6.07) is 9.16. The van der Waals surface area contributed by atoms with Gasteiger partial charge in [-0.15, -0.1) is 11.3 Å². The largest absolute Gasteiger partial charge is 0.398 e. The van der Waals surface area contributed by atoms with Crippen molar-refractivity contribution >= 4 is 54.8 Å². The number of carbonyl (C=O) groups excluding carboxylic acids is 1. The molecule has 0 aliphatic carbocycles. The number of anilines is 1. The zero-order valence-corrected chi connectivity index (χ0v) is 13.2. The van der Waals surface area contributed by atoms with Crippen LogP contribution in [-0.4, -0.2) is 5.91 Å². The molecule has 2 rings (SSSR count). The monoisotopic (exact) mass is 388 g/mol. The van der Waals surface area contributed by atoms with E-state index >= 15 is 0 Å². The van der Waals surface area contributed by atoms with Gasteiger partial charge in [-0.3, -0.25) is 4.79 Å². The standard InChI is InChI=1S/C12H10Br2N2OS/c13-7-1-3-9(10(15)5-7)12(17)16-6-8-2-4-11(14)18-8/h1-5H,6,15H2,(H,16,17). The molecular weight excluding hydrogens is 380 g/mol. The van der Waals surface area contributed by atoms with Gasteiger partial charge in [0, 0.05) is 15.0 Å². The number of nitrogens with two attached hydrogens (primary N) is 1. The van der Waals surface area contributed by atoms with Crippen LogP contribution >= 0.6 is 43.2 Å². The van der Waals surface area contributed by atoms with E-state index in [-0.39, 0.29) is 5.91 Å². The molecule has 2 aromatic rings. The molecule has 6 heteroatoms. The molecule has 1 heterocycles. The predicted octanol–water partition coefficient (Wildman–Crippen LogP) is 3.79. The Morgan fingerprint density at radius 3 is 2.67 bits per heavy atom. The van der Waals surface area contributed by atoms with E-state index in [1.165, 1.54) is 0 Å². The molecule has 0 saturated carbocycles. The fourth-order valence-corrected chi connectivity index (χ4v) is 3.25. The molecule has 0 radical (unpaired) electrons. The summed E-state index contributed by atoms with van der Waals surface area (Å²) in [4.78, 5) is 13.0. The van der Waals surface area contributed by atoms with E-state index in [4.69, 9.17) is 5.73 Å². The first kappa shape index (κ1) is 13.6. The lowest BCUT2D eigenvalue weighted by atomic mass is 10.1. The number of hydrogen-bond acceptors (Lipinski definition) is 3. The van der Waals surface area contributed by atoms with Gasteiger partial charge in [0.25, 0.3) is 5.91 Å². The molecule has 3 N–H and O–H groups in total. The molecule has 1 aromatic heterocycles. The van der Waals surface area contributed by atoms with E-state index in [1.807, 2.05) is 12.1 Å². The summed E-state index contributed by atoms with van der Waals surface area (Å²) in [5.41, 5.74) is 6.76. The normalized spacial score (nSPS) is 10.3. The first-order chi connectivity index (χ1) is 8.56. The van der Waals surface area contributed by atoms with Crippen LogP contribution in [0.3, 0.4) is 0 Å². The highest BCUT2D eigenvalue weighted by Gasteiger charge is 2.09. The lowest BCUT2D eigenvalue weighted by Crippen LogP contribution is -2.23. The molecule has 0 aliphatic rings. The fraction of sp³-hybridized carbons (Fsp3) is 0.0833. The second kappa shape index (κ2) is 5.86. The number of halogens is 2. The third kappa shape index (κ3) is 3.34. The summed E-state index contributed by atoms with van der Waals surface area (Å²) in [6.45, 7) is 0.505. The molecule has 0 atom stereocenters. The van der Waals surface area contributed by atoms with Gasteiger partial charge in [-0.2, -0.15) is 0 Å². The van der Waals surface area contributed by atoms with Crippen LogP contribution in [0.1, 0.15) is 15.2 Å². The number of thiophene rings is 1. The average Bonchev–Trinajstić information content (AvgIpc) is 2.72. The Morgan fingerprint density at radius 1 is 1.28 bits per heavy atom. The van der Waals surface area contributed by atoms with Crippen LogP contribution in [0.4, 0.5) is 5.69 Å². The Labute approximate surface area is 126 Å². The van der Waals surface area contributed by atoms with Gasteiger partial charge < -0.3 is 11.1 Å². The van der Waals surface area contributed by atoms with Crippen molar-refractivity contribution in [1.29, 1.82) is 0 Å². The van der Waals surface area contributed by atoms with E-state index in [9.17, 15) is 4.79 Å². The summed E-state index contributed by atoms with van der Waals surface area (Å²) >= 11 is 8.29. The average molecular weight is 390 g/mol. The van der Waals surface area contributed by atoms with Crippen molar-refractivity contribution in [3.63, 3.8) is 0 Å². The molecule has 18 heavy (non-hydrogen) atoms. The molecule has 0 aliphatic heterocycles. The summed E-state index contributed by atoms with van der Waals surface area (Å²) in [6.07, 6.45) is 0. The van der Waals surface area contributed by atoms with Crippen LogP contribution in [0.25, 0.3) is 0 Å². The van der Waals surface area contributed by atoms with Crippen molar-refractivity contribution < 1.29 is 4.79 Å². The zero-order chi connectivity index (χ0) is 13.1. The molecule has 1 amide bonds. The van der Waals surface area contributed by atoms with Crippen LogP contribution < -0.4 is 11.1 Å². The summed E-state index contributed by atoms with van der Waals surface area (Å²) < 4.78 is 1.91. The number of nitrogen functional groups attached to an aromatic ring is 1. The SMILES string of the molecule is Nc1cc(Br)ccc1C(=O)NCc1ccc(Br)s1. The Hall–Kier alpha value is -0.850. The molecule has 94 valence electrons. The zero-order valence-electron chi connectivity index (χ0n) is 9.24. The van der Waals surface area contributed by atoms with Gasteiger partial charge >= 0.3 is 0 Å². The van der Waals surface area contributed by atoms with Crippen LogP contribution in [0.5, 0.6) is 0 Å². The Kier molecular flexibility index (Phi) is 4.42. The number of hydrogen-bond donors (Lipinski definition) is 2. The first-order valence-electron chi connectivity index (χ1n) is 5.13. The molecule has 0 fully saturated rings. The van der Waals surface area contributed by atoms with Crippen LogP contribution in [0.2, 0.25) is 0 Å². The maximum Gasteiger partial charge on any atom is 0.253 e. The van der Waals surface area contributed by atoms with E-state index in [1.54, 1.807) is 29.5 Å². The lowest BCUT2D eigenvalue weighted by molar-refractivity contribution is 0.0952. The molecule has 0 saturated heterocycles. The Bertz CT molecular complexity index is 583. The van der Waals surface area contributed by atoms with Crippen LogP contribution in [0.15, 0.2) is 38.6 Å². The highest BCUT2D eigenvalue weighted by molar-refractivity contribution is 9.11. The second-order valence-corrected chi connectivity index (χ2v) is 7.08. The predicted molar refractivity (Wildman–Crippen MR) is 81.7 cm³/mol. The molecule has 3 nitrogen and oxygen atoms in total. The van der Waals surface area contributed by atoms with Gasteiger partial charge in [-0.25, -0.2) is 0 Å². The number of benzene rings is 1. The van der Waals surface area contributed by atoms with E-state index in [0.717, 1.165) is 13.1 Å². The smallest absolute Gasteiger partial charge is 0.253 e. The van der Waals surface area contributed by atoms with Gasteiger partial charge in [0.2, 0.25) is 0 Å². The number of nitrogens with one attached hydrogen (secondary N) is 1. The molecular formula is C12H10Br2N2OS. The minimum atomic E-state index is -0.162. The van der Waals surface area contributed by atoms with E-state index in [0.29, 0.717) is 17.8 Å². The molecule has 0 bridgehead atoms. The van der Waals surface area contributed by atoms with Gasteiger partial charge in [0.1, 0.15) is 0 Å². The minimum Gasteiger partial charge on any atom is -0.398 e. The van der Waals surface area contributed by atoms with E-state index < -0.39 is 0 Å². The summed E-state index contributed by atoms with van der Waals surface area (Å²) in [7, 11) is 0. The summed E-state index contributed by atoms with van der Waals surface area (Å²) in [5.74, 6) is -0.162. The van der Waals surface area contributed by atoms with Crippen molar-refractivity contribution in [1.82, 2.24) is 5.32 Å². The molecule has 0 unspecified atom stereocenters. The highest BCUT2D eigenvalue weighted by atomic mass is 79.9. The second-order valence-electron chi connectivity index (χ2n) is 3.62. The Balaban J connectivity index is 2.03. The van der Waals surface area contributed by atoms with Crippen LogP contribution in [-0.2, 0) is 6.54 Å². The minimum absolute atomic E-state index is 0.162. The lowest BCUT2D eigenvalue weighted by Gasteiger charge is -2.06. The van der Waals surface area contributed by atoms with Gasteiger partial charge in [0.05, 0.1) is 15.9 Å². The van der Waals surface area contributed by atoms with Crippen molar-refractivity contribution in [3.8, 4) is 0 Å². The van der Waals surface area contributed by atoms with Crippen LogP contribution in [0, 0.1) is 0 Å². The quantitative estimate of drug-likeness (QED) is 0.784. The number of carbonyl (C=O) groups is 1. The summed E-state index contributed by atoms with van der Waals surface area (Å²) in [5, 5.41) is 2.84. The molecule has 1 aromatic carbocycles. The number of rotatable bonds is 3. The third-order valence-corrected chi connectivity index (χ3v) is 4.43. The highest BCUT2D eigenvalue weighted by Crippen LogP contribution is 2.22. The third-order valence-electron chi connectivity index (χ3n) is 2.31. The maximum absolute atomic E-state index is 11.9. The number of amides is 1. The maximum atomic E-state index is 11.9. The Morgan fingerprint density at radius 2 is 2.06 bits per heavy atom. The first-order valence-corrected chi connectivity index (χ1v) is 7.54. The van der Waals surface area contributed by atoms with Crippen molar-refractivity contribution in [2.24, 2.45) is 0 Å². The fourth-order valence-electron chi connectivity index (χ4n) is 1.45. The van der Waals surface area contributed by atoms with Gasteiger partial charge in [-0.05, 0) is 46.3 Å². The topological polar surface area (TPSA) is 55.1 Å².